The molecule has 0 bridgehead atoms. The van der Waals surface area contributed by atoms with Gasteiger partial charge in [-0.15, -0.1) is 0 Å². The van der Waals surface area contributed by atoms with Gasteiger partial charge in [-0.3, -0.25) is 9.59 Å². The molecule has 0 aliphatic heterocycles. The van der Waals surface area contributed by atoms with E-state index in [2.05, 4.69) is 5.10 Å². The Labute approximate surface area is 108 Å². The normalized spacial score (nSPS) is 10.1. The maximum absolute atomic E-state index is 11.9. The number of aromatic nitrogens is 2. The Morgan fingerprint density at radius 2 is 1.94 bits per heavy atom. The van der Waals surface area contributed by atoms with Gasteiger partial charge in [0.25, 0.3) is 5.91 Å². The lowest BCUT2D eigenvalue weighted by Crippen LogP contribution is -2.12. The Hall–Kier alpha value is -2.14. The van der Waals surface area contributed by atoms with Gasteiger partial charge in [0.15, 0.2) is 0 Å². The van der Waals surface area contributed by atoms with Gasteiger partial charge >= 0.3 is 5.97 Å². The van der Waals surface area contributed by atoms with Crippen LogP contribution >= 0.6 is 11.6 Å². The minimum absolute atomic E-state index is 0.309. The highest BCUT2D eigenvalue weighted by atomic mass is 35.5. The number of hydrogen-bond acceptors (Lipinski definition) is 4. The maximum Gasteiger partial charge on any atom is 0.308 e. The second-order valence-electron chi connectivity index (χ2n) is 3.53. The summed E-state index contributed by atoms with van der Waals surface area (Å²) < 4.78 is 6.01. The van der Waals surface area contributed by atoms with E-state index >= 15 is 0 Å². The largest absolute Gasteiger partial charge is 0.427 e. The summed E-state index contributed by atoms with van der Waals surface area (Å²) in [5.41, 5.74) is 0.422. The monoisotopic (exact) mass is 264 g/mol. The number of rotatable bonds is 2. The molecular formula is C12H9ClN2O3. The van der Waals surface area contributed by atoms with E-state index in [1.54, 1.807) is 24.3 Å². The summed E-state index contributed by atoms with van der Waals surface area (Å²) in [6.45, 7) is 1.31. The Morgan fingerprint density at radius 3 is 2.44 bits per heavy atom. The predicted octanol–water partition coefficient (Wildman–Crippen LogP) is 2.15. The number of carbonyl (C=O) groups excluding carboxylic acids is 2. The van der Waals surface area contributed by atoms with Crippen molar-refractivity contribution in [3.8, 4) is 5.75 Å². The quantitative estimate of drug-likeness (QED) is 0.616. The highest BCUT2D eigenvalue weighted by molar-refractivity contribution is 6.30. The van der Waals surface area contributed by atoms with E-state index in [1.165, 1.54) is 19.3 Å². The van der Waals surface area contributed by atoms with Crippen molar-refractivity contribution in [1.82, 2.24) is 9.78 Å². The third-order valence-corrected chi connectivity index (χ3v) is 2.32. The minimum atomic E-state index is -0.409. The van der Waals surface area contributed by atoms with Crippen molar-refractivity contribution >= 4 is 23.5 Å². The molecule has 0 radical (unpaired) electrons. The SMILES string of the molecule is CC(=O)Oc1ccc(C(=O)n2cc(Cl)cn2)cc1. The molecule has 5 nitrogen and oxygen atoms in total. The molecule has 0 aliphatic carbocycles. The molecule has 0 amide bonds. The molecule has 1 heterocycles. The van der Waals surface area contributed by atoms with Gasteiger partial charge in [-0.05, 0) is 24.3 Å². The van der Waals surface area contributed by atoms with Crippen LogP contribution in [-0.4, -0.2) is 21.7 Å². The van der Waals surface area contributed by atoms with E-state index in [4.69, 9.17) is 16.3 Å². The molecule has 0 saturated carbocycles. The van der Waals surface area contributed by atoms with Crippen molar-refractivity contribution < 1.29 is 14.3 Å². The van der Waals surface area contributed by atoms with Crippen LogP contribution in [0.5, 0.6) is 5.75 Å². The van der Waals surface area contributed by atoms with Crippen LogP contribution in [0.25, 0.3) is 0 Å². The lowest BCUT2D eigenvalue weighted by Gasteiger charge is -2.03. The average molecular weight is 265 g/mol. The van der Waals surface area contributed by atoms with Crippen molar-refractivity contribution in [2.75, 3.05) is 0 Å². The Kier molecular flexibility index (Phi) is 3.43. The third kappa shape index (κ3) is 2.75. The summed E-state index contributed by atoms with van der Waals surface area (Å²) in [6, 6.07) is 6.19. The summed E-state index contributed by atoms with van der Waals surface area (Å²) in [5.74, 6) is -0.332. The fourth-order valence-corrected chi connectivity index (χ4v) is 1.51. The zero-order chi connectivity index (χ0) is 13.1. The topological polar surface area (TPSA) is 61.2 Å². The van der Waals surface area contributed by atoms with Crippen LogP contribution in [0.4, 0.5) is 0 Å². The molecule has 92 valence electrons. The molecule has 0 saturated heterocycles. The smallest absolute Gasteiger partial charge is 0.308 e. The third-order valence-electron chi connectivity index (χ3n) is 2.12. The van der Waals surface area contributed by atoms with Crippen LogP contribution in [0.3, 0.4) is 0 Å². The first-order valence-corrected chi connectivity index (χ1v) is 5.47. The van der Waals surface area contributed by atoms with Crippen LogP contribution in [0.15, 0.2) is 36.7 Å². The molecule has 2 rings (SSSR count). The number of benzene rings is 1. The van der Waals surface area contributed by atoms with Gasteiger partial charge in [0.1, 0.15) is 5.75 Å². The highest BCUT2D eigenvalue weighted by Gasteiger charge is 2.10. The minimum Gasteiger partial charge on any atom is -0.427 e. The van der Waals surface area contributed by atoms with Crippen molar-refractivity contribution in [2.24, 2.45) is 0 Å². The zero-order valence-corrected chi connectivity index (χ0v) is 10.2. The first-order chi connectivity index (χ1) is 8.56. The molecule has 0 fully saturated rings. The van der Waals surface area contributed by atoms with Gasteiger partial charge in [-0.1, -0.05) is 11.6 Å². The molecule has 2 aromatic rings. The van der Waals surface area contributed by atoms with E-state index in [9.17, 15) is 9.59 Å². The van der Waals surface area contributed by atoms with Crippen molar-refractivity contribution in [1.29, 1.82) is 0 Å². The molecule has 18 heavy (non-hydrogen) atoms. The van der Waals surface area contributed by atoms with Crippen LogP contribution < -0.4 is 4.74 Å². The van der Waals surface area contributed by atoms with Crippen molar-refractivity contribution in [3.05, 3.63) is 47.2 Å². The lowest BCUT2D eigenvalue weighted by atomic mass is 10.2. The van der Waals surface area contributed by atoms with Crippen molar-refractivity contribution in [3.63, 3.8) is 0 Å². The van der Waals surface area contributed by atoms with Crippen LogP contribution in [-0.2, 0) is 4.79 Å². The van der Waals surface area contributed by atoms with E-state index in [0.29, 0.717) is 16.3 Å². The molecule has 1 aromatic heterocycles. The standard InChI is InChI=1S/C12H9ClN2O3/c1-8(16)18-11-4-2-9(3-5-11)12(17)15-7-10(13)6-14-15/h2-7H,1H3. The predicted molar refractivity (Wildman–Crippen MR) is 64.7 cm³/mol. The van der Waals surface area contributed by atoms with Gasteiger partial charge in [-0.25, -0.2) is 4.68 Å². The number of hydrogen-bond donors (Lipinski definition) is 0. The second-order valence-corrected chi connectivity index (χ2v) is 3.96. The fraction of sp³-hybridized carbons (Fsp3) is 0.0833. The summed E-state index contributed by atoms with van der Waals surface area (Å²) >= 11 is 5.68. The number of nitrogens with zero attached hydrogens (tertiary/aromatic N) is 2. The van der Waals surface area contributed by atoms with Gasteiger partial charge in [-0.2, -0.15) is 5.10 Å². The Balaban J connectivity index is 2.19. The van der Waals surface area contributed by atoms with E-state index in [1.807, 2.05) is 0 Å². The molecule has 0 aliphatic rings. The number of ether oxygens (including phenoxy) is 1. The first kappa shape index (κ1) is 12.3. The highest BCUT2D eigenvalue weighted by Crippen LogP contribution is 2.14. The van der Waals surface area contributed by atoms with Gasteiger partial charge in [0, 0.05) is 12.5 Å². The number of esters is 1. The molecule has 0 atom stereocenters. The van der Waals surface area contributed by atoms with Crippen LogP contribution in [0.1, 0.15) is 17.3 Å². The molecular weight excluding hydrogens is 256 g/mol. The fourth-order valence-electron chi connectivity index (χ4n) is 1.38. The average Bonchev–Trinajstić information content (AvgIpc) is 2.75. The van der Waals surface area contributed by atoms with Crippen LogP contribution in [0, 0.1) is 0 Å². The van der Waals surface area contributed by atoms with Gasteiger partial charge in [0.05, 0.1) is 17.4 Å². The summed E-state index contributed by atoms with van der Waals surface area (Å²) in [4.78, 5) is 22.7. The first-order valence-electron chi connectivity index (χ1n) is 5.09. The zero-order valence-electron chi connectivity index (χ0n) is 9.46. The summed E-state index contributed by atoms with van der Waals surface area (Å²) in [5, 5.41) is 4.20. The number of carbonyl (C=O) groups is 2. The van der Waals surface area contributed by atoms with Crippen LogP contribution in [0.2, 0.25) is 5.02 Å². The van der Waals surface area contributed by atoms with E-state index in [0.717, 1.165) is 4.68 Å². The molecule has 0 spiro atoms. The second kappa shape index (κ2) is 5.01. The summed E-state index contributed by atoms with van der Waals surface area (Å²) in [6.07, 6.45) is 2.80. The van der Waals surface area contributed by atoms with E-state index < -0.39 is 5.97 Å². The molecule has 6 heteroatoms. The van der Waals surface area contributed by atoms with Gasteiger partial charge in [0.2, 0.25) is 0 Å². The van der Waals surface area contributed by atoms with Gasteiger partial charge < -0.3 is 4.74 Å². The van der Waals surface area contributed by atoms with Crippen molar-refractivity contribution in [2.45, 2.75) is 6.92 Å². The van der Waals surface area contributed by atoms with E-state index in [-0.39, 0.29) is 5.91 Å². The maximum atomic E-state index is 11.9. The molecule has 1 aromatic carbocycles. The molecule has 0 unspecified atom stereocenters. The number of halogens is 1. The molecule has 0 N–H and O–H groups in total. The lowest BCUT2D eigenvalue weighted by molar-refractivity contribution is -0.131. The Morgan fingerprint density at radius 1 is 1.28 bits per heavy atom. The summed E-state index contributed by atoms with van der Waals surface area (Å²) in [7, 11) is 0. The Bertz CT molecular complexity index is 590.